The summed E-state index contributed by atoms with van der Waals surface area (Å²) < 4.78 is 21.5. The van der Waals surface area contributed by atoms with Gasteiger partial charge in [-0.2, -0.15) is 0 Å². The van der Waals surface area contributed by atoms with Crippen LogP contribution in [0, 0.1) is 5.92 Å². The second-order valence-electron chi connectivity index (χ2n) is 8.06. The normalized spacial score (nSPS) is 23.7. The Kier molecular flexibility index (Phi) is 5.69. The number of rotatable bonds is 5. The van der Waals surface area contributed by atoms with Gasteiger partial charge in [0.25, 0.3) is 0 Å². The topological polar surface area (TPSA) is 94.5 Å². The molecule has 1 saturated heterocycles. The number of carbonyl (C=O) groups excluding carboxylic acids is 1. The molecule has 0 aromatic heterocycles. The number of hydrogen-bond acceptors (Lipinski definition) is 6. The van der Waals surface area contributed by atoms with Crippen LogP contribution in [0.5, 0.6) is 11.5 Å². The van der Waals surface area contributed by atoms with E-state index in [1.54, 1.807) is 40.0 Å². The molecule has 28 heavy (non-hydrogen) atoms. The number of hydrogen-bond donors (Lipinski definition) is 1. The monoisotopic (exact) mass is 393 g/mol. The third-order valence-corrected chi connectivity index (χ3v) is 5.00. The number of aliphatic carboxylic acids is 1. The van der Waals surface area contributed by atoms with Crippen molar-refractivity contribution in [3.05, 3.63) is 23.8 Å². The fourth-order valence-electron chi connectivity index (χ4n) is 3.82. The molecule has 1 N–H and O–H groups in total. The summed E-state index contributed by atoms with van der Waals surface area (Å²) in [6, 6.07) is 4.88. The minimum atomic E-state index is -0.949. The van der Waals surface area contributed by atoms with Gasteiger partial charge >= 0.3 is 12.1 Å². The highest BCUT2D eigenvalue weighted by Crippen LogP contribution is 2.43. The van der Waals surface area contributed by atoms with E-state index in [9.17, 15) is 14.7 Å². The van der Waals surface area contributed by atoms with Gasteiger partial charge in [-0.3, -0.25) is 4.79 Å². The van der Waals surface area contributed by atoms with Crippen molar-refractivity contribution in [1.29, 1.82) is 0 Å². The molecule has 1 aromatic carbocycles. The lowest BCUT2D eigenvalue weighted by Gasteiger charge is -2.29. The summed E-state index contributed by atoms with van der Waals surface area (Å²) in [7, 11) is 1.55. The van der Waals surface area contributed by atoms with Crippen LogP contribution in [-0.2, 0) is 14.3 Å². The molecule has 0 radical (unpaired) electrons. The number of methoxy groups -OCH3 is 1. The van der Waals surface area contributed by atoms with Gasteiger partial charge in [0, 0.05) is 26.2 Å². The molecular formula is C20H27NO7. The van der Waals surface area contributed by atoms with E-state index in [0.717, 1.165) is 5.56 Å². The van der Waals surface area contributed by atoms with E-state index < -0.39 is 29.6 Å². The Bertz CT molecular complexity index is 743. The third kappa shape index (κ3) is 4.16. The van der Waals surface area contributed by atoms with Crippen LogP contribution < -0.4 is 9.47 Å². The molecule has 3 unspecified atom stereocenters. The Hall–Kier alpha value is -2.48. The number of carbonyl (C=O) groups is 2. The van der Waals surface area contributed by atoms with Gasteiger partial charge in [-0.05, 0) is 44.9 Å². The maximum Gasteiger partial charge on any atom is 0.410 e. The van der Waals surface area contributed by atoms with Crippen LogP contribution in [0.3, 0.4) is 0 Å². The lowest BCUT2D eigenvalue weighted by Crippen LogP contribution is -2.43. The van der Waals surface area contributed by atoms with Crippen molar-refractivity contribution in [1.82, 2.24) is 4.90 Å². The highest BCUT2D eigenvalue weighted by atomic mass is 16.7. The molecule has 0 saturated carbocycles. The average Bonchev–Trinajstić information content (AvgIpc) is 3.21. The number of carboxylic acid groups (broad SMARTS) is 1. The van der Waals surface area contributed by atoms with Gasteiger partial charge in [0.05, 0.1) is 12.0 Å². The second-order valence-corrected chi connectivity index (χ2v) is 8.06. The predicted octanol–water partition coefficient (Wildman–Crippen LogP) is 2.86. The van der Waals surface area contributed by atoms with Gasteiger partial charge < -0.3 is 29.0 Å². The van der Waals surface area contributed by atoms with Gasteiger partial charge in [-0.1, -0.05) is 6.07 Å². The SMILES string of the molecule is COCCC1C(C(=O)O)C(c2ccc3c(c2)OCO3)CN1C(=O)OC(C)(C)C. The molecule has 8 heteroatoms. The Morgan fingerprint density at radius 1 is 1.25 bits per heavy atom. The van der Waals surface area contributed by atoms with Gasteiger partial charge in [-0.25, -0.2) is 4.79 Å². The number of fused-ring (bicyclic) bond motifs is 1. The molecule has 1 aromatic rings. The Morgan fingerprint density at radius 3 is 2.61 bits per heavy atom. The Balaban J connectivity index is 1.93. The molecule has 0 aliphatic carbocycles. The molecular weight excluding hydrogens is 366 g/mol. The van der Waals surface area contributed by atoms with Crippen molar-refractivity contribution in [3.8, 4) is 11.5 Å². The highest BCUT2D eigenvalue weighted by Gasteiger charge is 2.49. The summed E-state index contributed by atoms with van der Waals surface area (Å²) in [5, 5.41) is 9.96. The van der Waals surface area contributed by atoms with Crippen LogP contribution in [0.15, 0.2) is 18.2 Å². The van der Waals surface area contributed by atoms with Crippen molar-refractivity contribution < 1.29 is 33.6 Å². The van der Waals surface area contributed by atoms with Crippen LogP contribution in [0.2, 0.25) is 0 Å². The summed E-state index contributed by atoms with van der Waals surface area (Å²) in [6.45, 7) is 6.10. The minimum Gasteiger partial charge on any atom is -0.481 e. The molecule has 1 fully saturated rings. The quantitative estimate of drug-likeness (QED) is 0.822. The molecule has 154 valence electrons. The molecule has 3 atom stereocenters. The van der Waals surface area contributed by atoms with Crippen molar-refractivity contribution >= 4 is 12.1 Å². The first kappa shape index (κ1) is 20.3. The van der Waals surface area contributed by atoms with Crippen molar-refractivity contribution in [2.75, 3.05) is 27.1 Å². The molecule has 1 amide bonds. The first-order valence-electron chi connectivity index (χ1n) is 9.32. The number of amides is 1. The highest BCUT2D eigenvalue weighted by molar-refractivity contribution is 5.77. The van der Waals surface area contributed by atoms with E-state index in [0.29, 0.717) is 24.5 Å². The zero-order valence-electron chi connectivity index (χ0n) is 16.6. The third-order valence-electron chi connectivity index (χ3n) is 5.00. The molecule has 8 nitrogen and oxygen atoms in total. The fraction of sp³-hybridized carbons (Fsp3) is 0.600. The van der Waals surface area contributed by atoms with Crippen molar-refractivity contribution in [3.63, 3.8) is 0 Å². The summed E-state index contributed by atoms with van der Waals surface area (Å²) in [6.07, 6.45) is -0.101. The van der Waals surface area contributed by atoms with Gasteiger partial charge in [-0.15, -0.1) is 0 Å². The van der Waals surface area contributed by atoms with Crippen LogP contribution in [-0.4, -0.2) is 60.8 Å². The summed E-state index contributed by atoms with van der Waals surface area (Å²) in [5.41, 5.74) is 0.128. The number of carboxylic acids is 1. The summed E-state index contributed by atoms with van der Waals surface area (Å²) >= 11 is 0. The summed E-state index contributed by atoms with van der Waals surface area (Å²) in [5.74, 6) is -0.890. The maximum absolute atomic E-state index is 12.8. The Labute approximate surface area is 164 Å². The predicted molar refractivity (Wildman–Crippen MR) is 99.7 cm³/mol. The molecule has 0 bridgehead atoms. The molecule has 2 heterocycles. The van der Waals surface area contributed by atoms with E-state index in [2.05, 4.69) is 0 Å². The minimum absolute atomic E-state index is 0.145. The van der Waals surface area contributed by atoms with E-state index in [1.807, 2.05) is 6.07 Å². The molecule has 2 aliphatic rings. The first-order valence-corrected chi connectivity index (χ1v) is 9.32. The van der Waals surface area contributed by atoms with E-state index in [4.69, 9.17) is 18.9 Å². The number of ether oxygens (including phenoxy) is 4. The molecule has 3 rings (SSSR count). The van der Waals surface area contributed by atoms with Crippen LogP contribution >= 0.6 is 0 Å². The fourth-order valence-corrected chi connectivity index (χ4v) is 3.82. The van der Waals surface area contributed by atoms with E-state index in [-0.39, 0.29) is 19.3 Å². The van der Waals surface area contributed by atoms with Crippen molar-refractivity contribution in [2.45, 2.75) is 44.8 Å². The number of likely N-dealkylation sites (tertiary alicyclic amines) is 1. The van der Waals surface area contributed by atoms with Crippen LogP contribution in [0.1, 0.15) is 38.7 Å². The van der Waals surface area contributed by atoms with Crippen molar-refractivity contribution in [2.24, 2.45) is 5.92 Å². The second kappa shape index (κ2) is 7.87. The Morgan fingerprint density at radius 2 is 1.96 bits per heavy atom. The summed E-state index contributed by atoms with van der Waals surface area (Å²) in [4.78, 5) is 26.5. The largest absolute Gasteiger partial charge is 0.481 e. The average molecular weight is 393 g/mol. The zero-order chi connectivity index (χ0) is 20.5. The number of benzene rings is 1. The van der Waals surface area contributed by atoms with E-state index >= 15 is 0 Å². The van der Waals surface area contributed by atoms with Gasteiger partial charge in [0.15, 0.2) is 11.5 Å². The maximum atomic E-state index is 12.8. The first-order chi connectivity index (χ1) is 13.2. The standard InChI is InChI=1S/C20H27NO7/c1-20(2,3)28-19(24)21-10-13(17(18(22)23)14(21)7-8-25-4)12-5-6-15-16(9-12)27-11-26-15/h5-6,9,13-14,17H,7-8,10-11H2,1-4H3,(H,22,23). The zero-order valence-corrected chi connectivity index (χ0v) is 16.6. The number of nitrogens with zero attached hydrogens (tertiary/aromatic N) is 1. The lowest BCUT2D eigenvalue weighted by atomic mass is 9.84. The van der Waals surface area contributed by atoms with Crippen LogP contribution in [0.25, 0.3) is 0 Å². The van der Waals surface area contributed by atoms with Gasteiger partial charge in [0.1, 0.15) is 5.60 Å². The molecule has 0 spiro atoms. The smallest absolute Gasteiger partial charge is 0.410 e. The van der Waals surface area contributed by atoms with E-state index in [1.165, 1.54) is 4.90 Å². The van der Waals surface area contributed by atoms with Crippen LogP contribution in [0.4, 0.5) is 4.79 Å². The van der Waals surface area contributed by atoms with Gasteiger partial charge in [0.2, 0.25) is 6.79 Å². The molecule has 2 aliphatic heterocycles. The lowest BCUT2D eigenvalue weighted by molar-refractivity contribution is -0.143.